The molecule has 1 saturated heterocycles. The van der Waals surface area contributed by atoms with Crippen molar-refractivity contribution in [2.45, 2.75) is 52.0 Å². The molecule has 7 heteroatoms. The highest BCUT2D eigenvalue weighted by atomic mass is 32.2. The molecule has 0 unspecified atom stereocenters. The molecule has 0 atom stereocenters. The van der Waals surface area contributed by atoms with Crippen molar-refractivity contribution >= 4 is 15.9 Å². The molecule has 0 bridgehead atoms. The SMILES string of the molecule is C=CCN(Cc1ccc(OC)cc1)C(=O)C1CCN(S(=O)(=O)c2c(C)c(C)cc(C)c2C)CC1. The number of nitrogens with zero attached hydrogens (tertiary/aromatic N) is 2. The molecule has 1 heterocycles. The van der Waals surface area contributed by atoms with Crippen molar-refractivity contribution in [2.75, 3.05) is 26.7 Å². The molecule has 1 fully saturated rings. The van der Waals surface area contributed by atoms with Gasteiger partial charge in [0.1, 0.15) is 5.75 Å². The highest BCUT2D eigenvalue weighted by molar-refractivity contribution is 7.89. The van der Waals surface area contributed by atoms with E-state index in [1.165, 1.54) is 0 Å². The van der Waals surface area contributed by atoms with E-state index in [4.69, 9.17) is 4.74 Å². The minimum Gasteiger partial charge on any atom is -0.497 e. The monoisotopic (exact) mass is 484 g/mol. The Morgan fingerprint density at radius 3 is 2.15 bits per heavy atom. The van der Waals surface area contributed by atoms with E-state index in [9.17, 15) is 13.2 Å². The summed E-state index contributed by atoms with van der Waals surface area (Å²) in [5, 5.41) is 0. The van der Waals surface area contributed by atoms with Gasteiger partial charge in [0, 0.05) is 32.1 Å². The Hall–Kier alpha value is -2.64. The summed E-state index contributed by atoms with van der Waals surface area (Å²) in [7, 11) is -2.00. The fraction of sp³-hybridized carbons (Fsp3) is 0.444. The van der Waals surface area contributed by atoms with Gasteiger partial charge in [-0.3, -0.25) is 4.79 Å². The van der Waals surface area contributed by atoms with Gasteiger partial charge in [0.2, 0.25) is 15.9 Å². The van der Waals surface area contributed by atoms with Crippen LogP contribution in [0.5, 0.6) is 5.75 Å². The standard InChI is InChI=1S/C27H36N2O4S/c1-7-14-28(18-23-8-10-25(33-6)11-9-23)27(30)24-12-15-29(16-13-24)34(31,32)26-21(4)19(2)17-20(3)22(26)5/h7-11,17,24H,1,12-16,18H2,2-6H3. The Morgan fingerprint density at radius 2 is 1.65 bits per heavy atom. The van der Waals surface area contributed by atoms with Gasteiger partial charge in [-0.15, -0.1) is 6.58 Å². The number of benzene rings is 2. The van der Waals surface area contributed by atoms with E-state index in [2.05, 4.69) is 6.58 Å². The molecule has 184 valence electrons. The summed E-state index contributed by atoms with van der Waals surface area (Å²) in [6.45, 7) is 13.1. The summed E-state index contributed by atoms with van der Waals surface area (Å²) in [6.07, 6.45) is 2.75. The zero-order valence-corrected chi connectivity index (χ0v) is 21.7. The number of carbonyl (C=O) groups is 1. The molecule has 3 rings (SSSR count). The summed E-state index contributed by atoms with van der Waals surface area (Å²) in [6, 6.07) is 9.70. The number of ether oxygens (including phenoxy) is 1. The van der Waals surface area contributed by atoms with Crippen LogP contribution in [0.15, 0.2) is 47.9 Å². The molecule has 2 aromatic rings. The maximum absolute atomic E-state index is 13.5. The summed E-state index contributed by atoms with van der Waals surface area (Å²) >= 11 is 0. The van der Waals surface area contributed by atoms with Crippen LogP contribution < -0.4 is 4.74 Å². The molecule has 6 nitrogen and oxygen atoms in total. The molecule has 0 spiro atoms. The lowest BCUT2D eigenvalue weighted by molar-refractivity contribution is -0.136. The van der Waals surface area contributed by atoms with Crippen molar-refractivity contribution in [2.24, 2.45) is 5.92 Å². The van der Waals surface area contributed by atoms with Crippen LogP contribution in [0.2, 0.25) is 0 Å². The quantitative estimate of drug-likeness (QED) is 0.516. The van der Waals surface area contributed by atoms with Gasteiger partial charge in [0.25, 0.3) is 0 Å². The average Bonchev–Trinajstić information content (AvgIpc) is 2.82. The summed E-state index contributed by atoms with van der Waals surface area (Å²) in [4.78, 5) is 15.5. The van der Waals surface area contributed by atoms with Gasteiger partial charge in [-0.05, 0) is 80.5 Å². The largest absolute Gasteiger partial charge is 0.497 e. The lowest BCUT2D eigenvalue weighted by Gasteiger charge is -2.34. The van der Waals surface area contributed by atoms with Gasteiger partial charge in [-0.1, -0.05) is 24.3 Å². The molecule has 0 N–H and O–H groups in total. The first kappa shape index (κ1) is 26.0. The Bertz CT molecular complexity index is 1120. The van der Waals surface area contributed by atoms with Crippen molar-refractivity contribution in [1.29, 1.82) is 0 Å². The second-order valence-corrected chi connectivity index (χ2v) is 11.0. The fourth-order valence-corrected chi connectivity index (χ4v) is 6.68. The maximum Gasteiger partial charge on any atom is 0.243 e. The normalized spacial score (nSPS) is 15.2. The van der Waals surface area contributed by atoms with Crippen molar-refractivity contribution in [1.82, 2.24) is 9.21 Å². The molecule has 0 saturated carbocycles. The number of piperidine rings is 1. The van der Waals surface area contributed by atoms with Gasteiger partial charge < -0.3 is 9.64 Å². The molecule has 0 radical (unpaired) electrons. The first-order valence-electron chi connectivity index (χ1n) is 11.7. The van der Waals surface area contributed by atoms with E-state index in [-0.39, 0.29) is 11.8 Å². The van der Waals surface area contributed by atoms with E-state index in [0.717, 1.165) is 33.6 Å². The Balaban J connectivity index is 1.72. The van der Waals surface area contributed by atoms with Crippen LogP contribution in [0.25, 0.3) is 0 Å². The number of amides is 1. The third kappa shape index (κ3) is 5.36. The van der Waals surface area contributed by atoms with E-state index < -0.39 is 10.0 Å². The maximum atomic E-state index is 13.5. The minimum absolute atomic E-state index is 0.0477. The molecule has 0 aromatic heterocycles. The molecular formula is C27H36N2O4S. The third-order valence-electron chi connectivity index (χ3n) is 6.89. The van der Waals surface area contributed by atoms with Gasteiger partial charge in [0.05, 0.1) is 12.0 Å². The average molecular weight is 485 g/mol. The molecular weight excluding hydrogens is 448 g/mol. The van der Waals surface area contributed by atoms with Gasteiger partial charge in [-0.25, -0.2) is 8.42 Å². The van der Waals surface area contributed by atoms with Crippen molar-refractivity contribution in [3.05, 3.63) is 70.8 Å². The number of sulfonamides is 1. The van der Waals surface area contributed by atoms with Crippen molar-refractivity contribution in [3.8, 4) is 5.75 Å². The minimum atomic E-state index is -3.62. The topological polar surface area (TPSA) is 66.9 Å². The van der Waals surface area contributed by atoms with Crippen LogP contribution in [0, 0.1) is 33.6 Å². The second kappa shape index (κ2) is 10.7. The van der Waals surface area contributed by atoms with Gasteiger partial charge in [0.15, 0.2) is 0 Å². The van der Waals surface area contributed by atoms with Gasteiger partial charge >= 0.3 is 0 Å². The number of rotatable bonds is 8. The van der Waals surface area contributed by atoms with Crippen LogP contribution in [-0.4, -0.2) is 50.3 Å². The Kier molecular flexibility index (Phi) is 8.21. The third-order valence-corrected chi connectivity index (χ3v) is 9.07. The first-order chi connectivity index (χ1) is 16.1. The molecule has 0 aliphatic carbocycles. The molecule has 2 aromatic carbocycles. The van der Waals surface area contributed by atoms with Crippen LogP contribution in [0.4, 0.5) is 0 Å². The highest BCUT2D eigenvalue weighted by Crippen LogP contribution is 2.31. The molecule has 34 heavy (non-hydrogen) atoms. The number of hydrogen-bond acceptors (Lipinski definition) is 4. The van der Waals surface area contributed by atoms with E-state index in [1.54, 1.807) is 22.4 Å². The van der Waals surface area contributed by atoms with E-state index in [1.807, 2.05) is 58.0 Å². The van der Waals surface area contributed by atoms with Crippen LogP contribution in [-0.2, 0) is 21.4 Å². The van der Waals surface area contributed by atoms with Gasteiger partial charge in [-0.2, -0.15) is 4.31 Å². The zero-order chi connectivity index (χ0) is 25.0. The summed E-state index contributed by atoms with van der Waals surface area (Å²) in [5.41, 5.74) is 4.57. The first-order valence-corrected chi connectivity index (χ1v) is 13.1. The predicted molar refractivity (Wildman–Crippen MR) is 135 cm³/mol. The van der Waals surface area contributed by atoms with Crippen LogP contribution >= 0.6 is 0 Å². The number of aryl methyl sites for hydroxylation is 2. The second-order valence-electron chi connectivity index (χ2n) is 9.12. The number of carbonyl (C=O) groups excluding carboxylic acids is 1. The highest BCUT2D eigenvalue weighted by Gasteiger charge is 2.35. The van der Waals surface area contributed by atoms with Crippen molar-refractivity contribution in [3.63, 3.8) is 0 Å². The summed E-state index contributed by atoms with van der Waals surface area (Å²) < 4.78 is 33.9. The summed E-state index contributed by atoms with van der Waals surface area (Å²) in [5.74, 6) is 0.617. The van der Waals surface area contributed by atoms with Crippen molar-refractivity contribution < 1.29 is 17.9 Å². The van der Waals surface area contributed by atoms with Crippen LogP contribution in [0.1, 0.15) is 40.7 Å². The predicted octanol–water partition coefficient (Wildman–Crippen LogP) is 4.54. The fourth-order valence-electron chi connectivity index (χ4n) is 4.64. The van der Waals surface area contributed by atoms with E-state index in [0.29, 0.717) is 43.9 Å². The zero-order valence-electron chi connectivity index (χ0n) is 20.9. The number of hydrogen-bond donors (Lipinski definition) is 0. The Labute approximate surface area is 204 Å². The number of methoxy groups -OCH3 is 1. The Morgan fingerprint density at radius 1 is 1.09 bits per heavy atom. The molecule has 1 amide bonds. The van der Waals surface area contributed by atoms with Crippen LogP contribution in [0.3, 0.4) is 0 Å². The molecule has 1 aliphatic heterocycles. The lowest BCUT2D eigenvalue weighted by atomic mass is 9.96. The smallest absolute Gasteiger partial charge is 0.243 e. The lowest BCUT2D eigenvalue weighted by Crippen LogP contribution is -2.44. The molecule has 1 aliphatic rings. The van der Waals surface area contributed by atoms with E-state index >= 15 is 0 Å².